The summed E-state index contributed by atoms with van der Waals surface area (Å²) in [6, 6.07) is 0.668. The van der Waals surface area contributed by atoms with Gasteiger partial charge >= 0.3 is 0 Å². The molecule has 1 saturated carbocycles. The van der Waals surface area contributed by atoms with E-state index in [4.69, 9.17) is 0 Å². The van der Waals surface area contributed by atoms with Crippen molar-refractivity contribution in [2.75, 3.05) is 0 Å². The van der Waals surface area contributed by atoms with Crippen LogP contribution in [0.3, 0.4) is 0 Å². The van der Waals surface area contributed by atoms with Crippen molar-refractivity contribution in [2.45, 2.75) is 44.5 Å². The Labute approximate surface area is 100 Å². The quantitative estimate of drug-likeness (QED) is 0.748. The van der Waals surface area contributed by atoms with Gasteiger partial charge in [-0.25, -0.2) is 4.98 Å². The minimum Gasteiger partial charge on any atom is -0.334 e. The van der Waals surface area contributed by atoms with Crippen LogP contribution in [0.2, 0.25) is 0 Å². The van der Waals surface area contributed by atoms with E-state index >= 15 is 0 Å². The van der Waals surface area contributed by atoms with E-state index in [-0.39, 0.29) is 0 Å². The van der Waals surface area contributed by atoms with Crippen molar-refractivity contribution < 1.29 is 0 Å². The Morgan fingerprint density at radius 1 is 1.47 bits per heavy atom. The van der Waals surface area contributed by atoms with Crippen molar-refractivity contribution in [3.05, 3.63) is 18.2 Å². The number of nitrogens with zero attached hydrogens (tertiary/aromatic N) is 2. The third-order valence-corrected chi connectivity index (χ3v) is 4.14. The summed E-state index contributed by atoms with van der Waals surface area (Å²) >= 11 is 3.44. The molecule has 3 atom stereocenters. The van der Waals surface area contributed by atoms with Crippen molar-refractivity contribution in [3.8, 4) is 0 Å². The van der Waals surface area contributed by atoms with Crippen molar-refractivity contribution in [1.29, 1.82) is 0 Å². The van der Waals surface area contributed by atoms with Crippen LogP contribution in [0.5, 0.6) is 0 Å². The van der Waals surface area contributed by atoms with E-state index in [0.29, 0.717) is 6.04 Å². The first-order valence-electron chi connectivity index (χ1n) is 5.79. The van der Waals surface area contributed by atoms with Gasteiger partial charge in [-0.1, -0.05) is 29.8 Å². The van der Waals surface area contributed by atoms with Gasteiger partial charge in [0.1, 0.15) is 0 Å². The van der Waals surface area contributed by atoms with Crippen molar-refractivity contribution in [2.24, 2.45) is 11.8 Å². The van der Waals surface area contributed by atoms with Gasteiger partial charge < -0.3 is 4.57 Å². The number of alkyl halides is 1. The molecule has 84 valence electrons. The zero-order chi connectivity index (χ0) is 10.8. The molecule has 3 heteroatoms. The van der Waals surface area contributed by atoms with Gasteiger partial charge in [-0.15, -0.1) is 0 Å². The molecule has 2 nitrogen and oxygen atoms in total. The highest BCUT2D eigenvalue weighted by molar-refractivity contribution is 9.08. The zero-order valence-electron chi connectivity index (χ0n) is 9.49. The van der Waals surface area contributed by atoms with Crippen LogP contribution in [0.25, 0.3) is 0 Å². The lowest BCUT2D eigenvalue weighted by Crippen LogP contribution is -2.23. The van der Waals surface area contributed by atoms with Crippen LogP contribution < -0.4 is 0 Å². The molecule has 1 aliphatic carbocycles. The largest absolute Gasteiger partial charge is 0.334 e. The van der Waals surface area contributed by atoms with Gasteiger partial charge in [0, 0.05) is 17.6 Å². The number of hydrogen-bond acceptors (Lipinski definition) is 1. The van der Waals surface area contributed by atoms with Crippen LogP contribution in [-0.2, 0) is 5.33 Å². The van der Waals surface area contributed by atoms with Gasteiger partial charge in [-0.3, -0.25) is 0 Å². The monoisotopic (exact) mass is 270 g/mol. The van der Waals surface area contributed by atoms with Gasteiger partial charge in [0.25, 0.3) is 0 Å². The molecule has 1 heterocycles. The number of imidazole rings is 1. The molecule has 1 aromatic rings. The molecule has 0 aliphatic heterocycles. The van der Waals surface area contributed by atoms with Crippen molar-refractivity contribution >= 4 is 15.9 Å². The average molecular weight is 271 g/mol. The topological polar surface area (TPSA) is 17.8 Å². The standard InChI is InChI=1S/C12H19BrN2/c1-9-3-4-12(10(2)5-9)15-7-11(6-13)14-8-15/h7-10,12H,3-6H2,1-2H3. The molecule has 3 unspecified atom stereocenters. The SMILES string of the molecule is CC1CCC(n2cnc(CBr)c2)C(C)C1. The predicted molar refractivity (Wildman–Crippen MR) is 66.1 cm³/mol. The summed E-state index contributed by atoms with van der Waals surface area (Å²) in [5, 5.41) is 0.859. The molecule has 0 aromatic carbocycles. The molecule has 1 fully saturated rings. The van der Waals surface area contributed by atoms with Crippen molar-refractivity contribution in [3.63, 3.8) is 0 Å². The molecular weight excluding hydrogens is 252 g/mol. The molecule has 15 heavy (non-hydrogen) atoms. The highest BCUT2D eigenvalue weighted by atomic mass is 79.9. The number of halogens is 1. The molecule has 2 rings (SSSR count). The first-order chi connectivity index (χ1) is 7.20. The first-order valence-corrected chi connectivity index (χ1v) is 6.91. The maximum Gasteiger partial charge on any atom is 0.0952 e. The summed E-state index contributed by atoms with van der Waals surface area (Å²) in [7, 11) is 0. The summed E-state index contributed by atoms with van der Waals surface area (Å²) in [6.07, 6.45) is 8.20. The van der Waals surface area contributed by atoms with Gasteiger partial charge in [-0.05, 0) is 31.1 Å². The maximum absolute atomic E-state index is 4.38. The van der Waals surface area contributed by atoms with E-state index < -0.39 is 0 Å². The predicted octanol–water partition coefficient (Wildman–Crippen LogP) is 3.78. The highest BCUT2D eigenvalue weighted by Crippen LogP contribution is 2.36. The smallest absolute Gasteiger partial charge is 0.0952 e. The van der Waals surface area contributed by atoms with Crippen LogP contribution >= 0.6 is 15.9 Å². The Balaban J connectivity index is 2.09. The molecule has 0 amide bonds. The molecule has 0 bridgehead atoms. The highest BCUT2D eigenvalue weighted by Gasteiger charge is 2.26. The minimum absolute atomic E-state index is 0.668. The second-order valence-corrected chi connectivity index (χ2v) is 5.47. The van der Waals surface area contributed by atoms with Crippen LogP contribution in [0.1, 0.15) is 44.8 Å². The summed E-state index contributed by atoms with van der Waals surface area (Å²) in [6.45, 7) is 4.73. The fraction of sp³-hybridized carbons (Fsp3) is 0.750. The van der Waals surface area contributed by atoms with E-state index in [1.54, 1.807) is 0 Å². The molecule has 0 saturated heterocycles. The van der Waals surface area contributed by atoms with E-state index in [0.717, 1.165) is 22.9 Å². The number of rotatable bonds is 2. The third-order valence-electron chi connectivity index (χ3n) is 3.56. The lowest BCUT2D eigenvalue weighted by Gasteiger charge is -2.33. The summed E-state index contributed by atoms with van der Waals surface area (Å²) < 4.78 is 2.31. The van der Waals surface area contributed by atoms with Crippen molar-refractivity contribution in [1.82, 2.24) is 9.55 Å². The fourth-order valence-corrected chi connectivity index (χ4v) is 3.01. The first kappa shape index (κ1) is 11.2. The van der Waals surface area contributed by atoms with Crippen LogP contribution in [0.15, 0.2) is 12.5 Å². The third kappa shape index (κ3) is 2.44. The van der Waals surface area contributed by atoms with Gasteiger partial charge in [0.05, 0.1) is 12.0 Å². The van der Waals surface area contributed by atoms with Gasteiger partial charge in [-0.2, -0.15) is 0 Å². The van der Waals surface area contributed by atoms with E-state index in [2.05, 4.69) is 45.5 Å². The Morgan fingerprint density at radius 3 is 2.87 bits per heavy atom. The molecule has 0 N–H and O–H groups in total. The summed E-state index contributed by atoms with van der Waals surface area (Å²) in [5.74, 6) is 1.68. The number of hydrogen-bond donors (Lipinski definition) is 0. The Bertz CT molecular complexity index is 321. The molecule has 1 aromatic heterocycles. The second kappa shape index (κ2) is 4.69. The van der Waals surface area contributed by atoms with E-state index in [1.807, 2.05) is 6.33 Å². The second-order valence-electron chi connectivity index (χ2n) is 4.91. The summed E-state index contributed by atoms with van der Waals surface area (Å²) in [4.78, 5) is 4.38. The van der Waals surface area contributed by atoms with Gasteiger partial charge in [0.15, 0.2) is 0 Å². The van der Waals surface area contributed by atoms with Gasteiger partial charge in [0.2, 0.25) is 0 Å². The zero-order valence-corrected chi connectivity index (χ0v) is 11.1. The van der Waals surface area contributed by atoms with Crippen LogP contribution in [-0.4, -0.2) is 9.55 Å². The lowest BCUT2D eigenvalue weighted by atomic mass is 9.80. The Hall–Kier alpha value is -0.310. The maximum atomic E-state index is 4.38. The molecule has 0 radical (unpaired) electrons. The minimum atomic E-state index is 0.668. The Morgan fingerprint density at radius 2 is 2.27 bits per heavy atom. The van der Waals surface area contributed by atoms with E-state index in [1.165, 1.54) is 19.3 Å². The average Bonchev–Trinajstić information content (AvgIpc) is 2.66. The molecule has 0 spiro atoms. The molecule has 1 aliphatic rings. The normalized spacial score (nSPS) is 31.8. The van der Waals surface area contributed by atoms with Crippen LogP contribution in [0.4, 0.5) is 0 Å². The fourth-order valence-electron chi connectivity index (χ4n) is 2.72. The van der Waals surface area contributed by atoms with Crippen LogP contribution in [0, 0.1) is 11.8 Å². The summed E-state index contributed by atoms with van der Waals surface area (Å²) in [5.41, 5.74) is 1.14. The molecular formula is C12H19BrN2. The number of aromatic nitrogens is 2. The lowest BCUT2D eigenvalue weighted by molar-refractivity contribution is 0.207. The Kier molecular flexibility index (Phi) is 3.49. The van der Waals surface area contributed by atoms with E-state index in [9.17, 15) is 0 Å².